The number of halogens is 1. The molecular weight excluding hydrogens is 379 g/mol. The van der Waals surface area contributed by atoms with E-state index in [1.807, 2.05) is 54.5 Å². The fraction of sp³-hybridized carbons (Fsp3) is 0.125. The van der Waals surface area contributed by atoms with Gasteiger partial charge < -0.3 is 4.90 Å². The molecule has 4 aromatic rings. The minimum absolute atomic E-state index is 0.0667. The molecule has 30 heavy (non-hydrogen) atoms. The zero-order chi connectivity index (χ0) is 20.7. The molecule has 1 aliphatic heterocycles. The molecule has 0 radical (unpaired) electrons. The van der Waals surface area contributed by atoms with Gasteiger partial charge >= 0.3 is 0 Å². The highest BCUT2D eigenvalue weighted by atomic mass is 19.1. The highest BCUT2D eigenvalue weighted by Gasteiger charge is 2.32. The van der Waals surface area contributed by atoms with Crippen LogP contribution in [0.1, 0.15) is 21.6 Å². The molecule has 0 atom stereocenters. The molecule has 6 heteroatoms. The second-order valence-corrected chi connectivity index (χ2v) is 7.40. The summed E-state index contributed by atoms with van der Waals surface area (Å²) in [4.78, 5) is 19.2. The average molecular weight is 398 g/mol. The molecule has 0 aliphatic carbocycles. The van der Waals surface area contributed by atoms with E-state index in [-0.39, 0.29) is 11.7 Å². The van der Waals surface area contributed by atoms with E-state index in [1.165, 1.54) is 12.1 Å². The maximum absolute atomic E-state index is 13.4. The van der Waals surface area contributed by atoms with E-state index in [0.717, 1.165) is 33.5 Å². The third kappa shape index (κ3) is 3.16. The van der Waals surface area contributed by atoms with Crippen molar-refractivity contribution in [3.63, 3.8) is 0 Å². The highest BCUT2D eigenvalue weighted by molar-refractivity contribution is 5.99. The topological polar surface area (TPSA) is 51.0 Å². The Morgan fingerprint density at radius 3 is 2.50 bits per heavy atom. The first-order valence-electron chi connectivity index (χ1n) is 9.71. The monoisotopic (exact) mass is 398 g/mol. The van der Waals surface area contributed by atoms with Crippen molar-refractivity contribution >= 4 is 5.91 Å². The van der Waals surface area contributed by atoms with Gasteiger partial charge in [0.1, 0.15) is 17.2 Å². The minimum Gasteiger partial charge on any atom is -0.329 e. The molecule has 0 N–H and O–H groups in total. The molecule has 0 spiro atoms. The number of hydrogen-bond acceptors (Lipinski definition) is 3. The number of carbonyl (C=O) groups excluding carboxylic acids is 1. The Kier molecular flexibility index (Phi) is 4.39. The van der Waals surface area contributed by atoms with E-state index in [0.29, 0.717) is 18.8 Å². The first-order chi connectivity index (χ1) is 14.6. The van der Waals surface area contributed by atoms with Gasteiger partial charge in [0, 0.05) is 49.2 Å². The van der Waals surface area contributed by atoms with E-state index in [9.17, 15) is 9.18 Å². The number of aryl methyl sites for hydroxylation is 1. The molecule has 1 aliphatic rings. The number of aromatic nitrogens is 3. The van der Waals surface area contributed by atoms with Crippen LogP contribution in [0.25, 0.3) is 22.4 Å². The van der Waals surface area contributed by atoms with Crippen LogP contribution in [0.4, 0.5) is 4.39 Å². The number of hydrogen-bond donors (Lipinski definition) is 0. The van der Waals surface area contributed by atoms with Gasteiger partial charge in [-0.25, -0.2) is 4.39 Å². The van der Waals surface area contributed by atoms with Gasteiger partial charge in [0.05, 0.1) is 0 Å². The maximum atomic E-state index is 13.4. The van der Waals surface area contributed by atoms with E-state index in [4.69, 9.17) is 0 Å². The van der Waals surface area contributed by atoms with Gasteiger partial charge in [-0.15, -0.1) is 0 Å². The van der Waals surface area contributed by atoms with E-state index >= 15 is 0 Å². The second-order valence-electron chi connectivity index (χ2n) is 7.40. The number of fused-ring (bicyclic) bond motifs is 1. The molecule has 0 unspecified atom stereocenters. The van der Waals surface area contributed by atoms with Gasteiger partial charge in [-0.3, -0.25) is 14.5 Å². The number of amides is 1. The predicted molar refractivity (Wildman–Crippen MR) is 112 cm³/mol. The Hall–Kier alpha value is -3.80. The Bertz CT molecular complexity index is 1230. The third-order valence-corrected chi connectivity index (χ3v) is 5.35. The van der Waals surface area contributed by atoms with Gasteiger partial charge in [0.25, 0.3) is 5.91 Å². The van der Waals surface area contributed by atoms with E-state index in [2.05, 4.69) is 10.1 Å². The van der Waals surface area contributed by atoms with E-state index in [1.54, 1.807) is 23.0 Å². The summed E-state index contributed by atoms with van der Waals surface area (Å²) < 4.78 is 15.1. The number of carbonyl (C=O) groups is 1. The van der Waals surface area contributed by atoms with Crippen molar-refractivity contribution in [2.75, 3.05) is 0 Å². The summed E-state index contributed by atoms with van der Waals surface area (Å²) in [5, 5.41) is 4.59. The van der Waals surface area contributed by atoms with Crippen molar-refractivity contribution < 1.29 is 9.18 Å². The standard InChI is InChI=1S/C24H19FN4O/c1-28-14-20(22(27-28)17-7-9-18(25)10-8-17)19-11-12-26-23-21(19)15-29(24(23)30)13-16-5-3-2-4-6-16/h2-12,14H,13,15H2,1H3. The van der Waals surface area contributed by atoms with Gasteiger partial charge in [-0.2, -0.15) is 5.10 Å². The molecule has 2 aromatic carbocycles. The maximum Gasteiger partial charge on any atom is 0.273 e. The molecule has 0 bridgehead atoms. The van der Waals surface area contributed by atoms with Crippen molar-refractivity contribution in [2.45, 2.75) is 13.1 Å². The van der Waals surface area contributed by atoms with Crippen LogP contribution in [0, 0.1) is 5.82 Å². The Morgan fingerprint density at radius 1 is 0.967 bits per heavy atom. The highest BCUT2D eigenvalue weighted by Crippen LogP contribution is 2.37. The number of benzene rings is 2. The fourth-order valence-corrected chi connectivity index (χ4v) is 3.94. The summed E-state index contributed by atoms with van der Waals surface area (Å²) in [6.45, 7) is 1.03. The fourth-order valence-electron chi connectivity index (χ4n) is 3.94. The SMILES string of the molecule is Cn1cc(-c2ccnc3c2CN(Cc2ccccc2)C3=O)c(-c2ccc(F)cc2)n1. The van der Waals surface area contributed by atoms with Crippen LogP contribution < -0.4 is 0 Å². The Morgan fingerprint density at radius 2 is 1.73 bits per heavy atom. The zero-order valence-corrected chi connectivity index (χ0v) is 16.4. The van der Waals surface area contributed by atoms with E-state index < -0.39 is 0 Å². The predicted octanol–water partition coefficient (Wildman–Crippen LogP) is 4.44. The van der Waals surface area contributed by atoms with Crippen molar-refractivity contribution in [3.8, 4) is 22.4 Å². The van der Waals surface area contributed by atoms with Crippen LogP contribution in [0.2, 0.25) is 0 Å². The quantitative estimate of drug-likeness (QED) is 0.511. The van der Waals surface area contributed by atoms with Crippen LogP contribution in [-0.2, 0) is 20.1 Å². The summed E-state index contributed by atoms with van der Waals surface area (Å²) in [6.07, 6.45) is 3.60. The van der Waals surface area contributed by atoms with Crippen molar-refractivity contribution in [2.24, 2.45) is 7.05 Å². The largest absolute Gasteiger partial charge is 0.329 e. The normalized spacial score (nSPS) is 13.0. The lowest BCUT2D eigenvalue weighted by Gasteiger charge is -2.15. The van der Waals surface area contributed by atoms with Crippen molar-refractivity contribution in [3.05, 3.63) is 95.7 Å². The van der Waals surface area contributed by atoms with Gasteiger partial charge in [0.2, 0.25) is 0 Å². The van der Waals surface area contributed by atoms with Crippen LogP contribution >= 0.6 is 0 Å². The van der Waals surface area contributed by atoms with Gasteiger partial charge in [-0.1, -0.05) is 30.3 Å². The van der Waals surface area contributed by atoms with Crippen LogP contribution in [-0.4, -0.2) is 25.6 Å². The molecule has 148 valence electrons. The van der Waals surface area contributed by atoms with Gasteiger partial charge in [0.15, 0.2) is 0 Å². The summed E-state index contributed by atoms with van der Waals surface area (Å²) in [7, 11) is 1.85. The number of rotatable bonds is 4. The molecule has 0 saturated heterocycles. The van der Waals surface area contributed by atoms with Crippen molar-refractivity contribution in [1.29, 1.82) is 0 Å². The summed E-state index contributed by atoms with van der Waals surface area (Å²) >= 11 is 0. The number of nitrogens with zero attached hydrogens (tertiary/aromatic N) is 4. The lowest BCUT2D eigenvalue weighted by atomic mass is 9.98. The Balaban J connectivity index is 1.55. The number of pyridine rings is 1. The molecule has 2 aromatic heterocycles. The van der Waals surface area contributed by atoms with Crippen LogP contribution in [0.15, 0.2) is 73.1 Å². The summed E-state index contributed by atoms with van der Waals surface area (Å²) in [5.74, 6) is -0.355. The molecule has 0 fully saturated rings. The molecule has 5 rings (SSSR count). The Labute approximate surface area is 173 Å². The molecule has 0 saturated carbocycles. The molecule has 5 nitrogen and oxygen atoms in total. The third-order valence-electron chi connectivity index (χ3n) is 5.35. The van der Waals surface area contributed by atoms with Crippen LogP contribution in [0.3, 0.4) is 0 Å². The lowest BCUT2D eigenvalue weighted by molar-refractivity contribution is 0.0762. The zero-order valence-electron chi connectivity index (χ0n) is 16.4. The van der Waals surface area contributed by atoms with Gasteiger partial charge in [-0.05, 0) is 41.5 Å². The smallest absolute Gasteiger partial charge is 0.273 e. The molecule has 1 amide bonds. The first-order valence-corrected chi connectivity index (χ1v) is 9.71. The summed E-state index contributed by atoms with van der Waals surface area (Å²) in [5.41, 5.74) is 5.86. The second kappa shape index (κ2) is 7.22. The molecular formula is C24H19FN4O. The van der Waals surface area contributed by atoms with Crippen LogP contribution in [0.5, 0.6) is 0 Å². The van der Waals surface area contributed by atoms with Crippen molar-refractivity contribution in [1.82, 2.24) is 19.7 Å². The lowest BCUT2D eigenvalue weighted by Crippen LogP contribution is -2.23. The minimum atomic E-state index is -0.289. The first kappa shape index (κ1) is 18.2. The summed E-state index contributed by atoms with van der Waals surface area (Å²) in [6, 6.07) is 18.1. The average Bonchev–Trinajstić information content (AvgIpc) is 3.29. The molecule has 3 heterocycles.